The highest BCUT2D eigenvalue weighted by molar-refractivity contribution is 5.80. The number of anilines is 1. The van der Waals surface area contributed by atoms with E-state index in [1.54, 1.807) is 0 Å². The van der Waals surface area contributed by atoms with Crippen molar-refractivity contribution in [3.63, 3.8) is 0 Å². The third kappa shape index (κ3) is 4.07. The van der Waals surface area contributed by atoms with E-state index in [0.717, 1.165) is 59.9 Å². The largest absolute Gasteiger partial charge is 0.369 e. The van der Waals surface area contributed by atoms with Crippen molar-refractivity contribution in [2.24, 2.45) is 0 Å². The summed E-state index contributed by atoms with van der Waals surface area (Å²) in [6.45, 7) is 6.35. The number of piperazine rings is 1. The Balaban J connectivity index is 1.36. The second-order valence-corrected chi connectivity index (χ2v) is 8.02. The molecule has 2 aromatic carbocycles. The first-order valence-corrected chi connectivity index (χ1v) is 10.7. The third-order valence-electron chi connectivity index (χ3n) is 5.90. The molecule has 2 aromatic heterocycles. The molecule has 31 heavy (non-hydrogen) atoms. The number of para-hydroxylation sites is 1. The first-order chi connectivity index (χ1) is 15.2. The van der Waals surface area contributed by atoms with Crippen LogP contribution in [0.2, 0.25) is 0 Å². The van der Waals surface area contributed by atoms with Gasteiger partial charge in [-0.25, -0.2) is 9.67 Å². The molecule has 0 aliphatic carbocycles. The predicted octanol–water partition coefficient (Wildman–Crippen LogP) is 4.05. The number of nitrogens with zero attached hydrogens (tertiary/aromatic N) is 6. The highest BCUT2D eigenvalue weighted by atomic mass is 15.3. The van der Waals surface area contributed by atoms with E-state index in [9.17, 15) is 0 Å². The van der Waals surface area contributed by atoms with Crippen LogP contribution < -0.4 is 4.90 Å². The van der Waals surface area contributed by atoms with E-state index < -0.39 is 0 Å². The highest BCUT2D eigenvalue weighted by Gasteiger charge is 2.15. The molecule has 0 spiro atoms. The molecule has 0 amide bonds. The van der Waals surface area contributed by atoms with Crippen molar-refractivity contribution in [3.8, 4) is 5.69 Å². The van der Waals surface area contributed by atoms with Gasteiger partial charge in [0.25, 0.3) is 0 Å². The summed E-state index contributed by atoms with van der Waals surface area (Å²) in [6, 6.07) is 16.5. The molecule has 6 nitrogen and oxygen atoms in total. The van der Waals surface area contributed by atoms with Crippen LogP contribution in [0.25, 0.3) is 28.9 Å². The summed E-state index contributed by atoms with van der Waals surface area (Å²) in [5.74, 6) is 0. The molecule has 3 heterocycles. The molecule has 0 N–H and O–H groups in total. The molecule has 156 valence electrons. The van der Waals surface area contributed by atoms with E-state index in [0.29, 0.717) is 0 Å². The lowest BCUT2D eigenvalue weighted by Gasteiger charge is -2.34. The van der Waals surface area contributed by atoms with Crippen LogP contribution in [-0.2, 0) is 0 Å². The third-order valence-corrected chi connectivity index (χ3v) is 5.90. The van der Waals surface area contributed by atoms with Crippen molar-refractivity contribution in [1.29, 1.82) is 0 Å². The number of likely N-dealkylation sites (N-methyl/N-ethyl adjacent to an activating group) is 1. The Hall–Kier alpha value is -3.51. The van der Waals surface area contributed by atoms with Crippen molar-refractivity contribution in [2.45, 2.75) is 6.92 Å². The SMILES string of the molecule is Cc1c(/C=C/c2cnc3cc(N4CCN(C)CC4)ccc3n2)cnn1-c1ccccc1. The van der Waals surface area contributed by atoms with E-state index in [1.165, 1.54) is 5.69 Å². The lowest BCUT2D eigenvalue weighted by atomic mass is 10.2. The maximum atomic E-state index is 4.78. The molecule has 1 aliphatic heterocycles. The summed E-state index contributed by atoms with van der Waals surface area (Å²) in [5.41, 5.74) is 7.12. The van der Waals surface area contributed by atoms with Gasteiger partial charge in [0.1, 0.15) is 0 Å². The second-order valence-electron chi connectivity index (χ2n) is 8.02. The Bertz CT molecular complexity index is 1220. The summed E-state index contributed by atoms with van der Waals surface area (Å²) in [5, 5.41) is 4.53. The number of fused-ring (bicyclic) bond motifs is 1. The van der Waals surface area contributed by atoms with Gasteiger partial charge >= 0.3 is 0 Å². The van der Waals surface area contributed by atoms with Gasteiger partial charge in [-0.05, 0) is 56.5 Å². The van der Waals surface area contributed by atoms with Gasteiger partial charge in [-0.3, -0.25) is 4.98 Å². The van der Waals surface area contributed by atoms with Gasteiger partial charge in [-0.1, -0.05) is 18.2 Å². The molecular weight excluding hydrogens is 384 g/mol. The smallest absolute Gasteiger partial charge is 0.0907 e. The van der Waals surface area contributed by atoms with Gasteiger partial charge in [0.15, 0.2) is 0 Å². The highest BCUT2D eigenvalue weighted by Crippen LogP contribution is 2.22. The molecule has 1 fully saturated rings. The first-order valence-electron chi connectivity index (χ1n) is 10.7. The zero-order chi connectivity index (χ0) is 21.2. The molecule has 0 atom stereocenters. The molecule has 6 heteroatoms. The second kappa shape index (κ2) is 8.32. The minimum absolute atomic E-state index is 0.840. The number of benzene rings is 2. The zero-order valence-corrected chi connectivity index (χ0v) is 17.9. The molecule has 0 radical (unpaired) electrons. The molecule has 1 aliphatic rings. The van der Waals surface area contributed by atoms with Crippen LogP contribution >= 0.6 is 0 Å². The summed E-state index contributed by atoms with van der Waals surface area (Å²) >= 11 is 0. The maximum absolute atomic E-state index is 4.78. The Labute approximate surface area is 182 Å². The van der Waals surface area contributed by atoms with Gasteiger partial charge in [0.05, 0.1) is 34.8 Å². The van der Waals surface area contributed by atoms with Crippen molar-refractivity contribution >= 4 is 28.9 Å². The normalized spacial score (nSPS) is 15.2. The lowest BCUT2D eigenvalue weighted by molar-refractivity contribution is 0.313. The Morgan fingerprint density at radius 2 is 1.65 bits per heavy atom. The minimum atomic E-state index is 0.840. The molecule has 1 saturated heterocycles. The summed E-state index contributed by atoms with van der Waals surface area (Å²) in [6.07, 6.45) is 7.77. The molecular formula is C25H26N6. The molecule has 5 rings (SSSR count). The van der Waals surface area contributed by atoms with Crippen LogP contribution in [0.3, 0.4) is 0 Å². The quantitative estimate of drug-likeness (QED) is 0.508. The van der Waals surface area contributed by atoms with Crippen molar-refractivity contribution in [1.82, 2.24) is 24.6 Å². The van der Waals surface area contributed by atoms with Gasteiger partial charge < -0.3 is 9.80 Å². The van der Waals surface area contributed by atoms with E-state index in [-0.39, 0.29) is 0 Å². The zero-order valence-electron chi connectivity index (χ0n) is 17.9. The van der Waals surface area contributed by atoms with Gasteiger partial charge in [-0.15, -0.1) is 0 Å². The average molecular weight is 411 g/mol. The molecule has 0 bridgehead atoms. The standard InChI is InChI=1S/C25H26N6/c1-19-20(17-27-31(19)22-6-4-3-5-7-22)8-9-21-18-26-25-16-23(10-11-24(25)28-21)30-14-12-29(2)13-15-30/h3-11,16-18H,12-15H2,1-2H3/b9-8+. The number of hydrogen-bond acceptors (Lipinski definition) is 5. The topological polar surface area (TPSA) is 50.1 Å². The Kier molecular flexibility index (Phi) is 5.22. The van der Waals surface area contributed by atoms with Gasteiger partial charge in [0, 0.05) is 43.1 Å². The van der Waals surface area contributed by atoms with Crippen molar-refractivity contribution in [3.05, 3.63) is 77.9 Å². The Morgan fingerprint density at radius 1 is 0.839 bits per heavy atom. The van der Waals surface area contributed by atoms with Crippen LogP contribution in [0.5, 0.6) is 0 Å². The van der Waals surface area contributed by atoms with Crippen molar-refractivity contribution < 1.29 is 0 Å². The number of aromatic nitrogens is 4. The van der Waals surface area contributed by atoms with E-state index >= 15 is 0 Å². The van der Waals surface area contributed by atoms with E-state index in [2.05, 4.69) is 70.3 Å². The van der Waals surface area contributed by atoms with Gasteiger partial charge in [0.2, 0.25) is 0 Å². The van der Waals surface area contributed by atoms with E-state index in [1.807, 2.05) is 41.4 Å². The Morgan fingerprint density at radius 3 is 2.45 bits per heavy atom. The number of hydrogen-bond donors (Lipinski definition) is 0. The molecule has 0 unspecified atom stereocenters. The van der Waals surface area contributed by atoms with Gasteiger partial charge in [-0.2, -0.15) is 5.10 Å². The van der Waals surface area contributed by atoms with Crippen LogP contribution in [0.4, 0.5) is 5.69 Å². The average Bonchev–Trinajstić information content (AvgIpc) is 3.18. The lowest BCUT2D eigenvalue weighted by Crippen LogP contribution is -2.44. The first kappa shape index (κ1) is 19.5. The maximum Gasteiger partial charge on any atom is 0.0907 e. The van der Waals surface area contributed by atoms with Crippen LogP contribution in [0, 0.1) is 6.92 Å². The fourth-order valence-electron chi connectivity index (χ4n) is 3.95. The van der Waals surface area contributed by atoms with Crippen LogP contribution in [-0.4, -0.2) is 57.9 Å². The predicted molar refractivity (Wildman–Crippen MR) is 126 cm³/mol. The summed E-state index contributed by atoms with van der Waals surface area (Å²) in [4.78, 5) is 14.2. The van der Waals surface area contributed by atoms with Crippen molar-refractivity contribution in [2.75, 3.05) is 38.1 Å². The monoisotopic (exact) mass is 410 g/mol. The fourth-order valence-corrected chi connectivity index (χ4v) is 3.95. The minimum Gasteiger partial charge on any atom is -0.369 e. The van der Waals surface area contributed by atoms with E-state index in [4.69, 9.17) is 4.98 Å². The molecule has 4 aromatic rings. The summed E-state index contributed by atoms with van der Waals surface area (Å²) < 4.78 is 1.95. The van der Waals surface area contributed by atoms with Crippen LogP contribution in [0.15, 0.2) is 60.9 Å². The number of rotatable bonds is 4. The summed E-state index contributed by atoms with van der Waals surface area (Å²) in [7, 11) is 2.17. The molecule has 0 saturated carbocycles. The fraction of sp³-hybridized carbons (Fsp3) is 0.240. The van der Waals surface area contributed by atoms with Crippen LogP contribution in [0.1, 0.15) is 17.0 Å².